The third kappa shape index (κ3) is 4.89. The lowest BCUT2D eigenvalue weighted by atomic mass is 10.1. The van der Waals surface area contributed by atoms with Gasteiger partial charge in [0, 0.05) is 12.1 Å². The molecule has 2 aromatic carbocycles. The second kappa shape index (κ2) is 7.51. The van der Waals surface area contributed by atoms with Crippen molar-refractivity contribution in [2.24, 2.45) is 0 Å². The largest absolute Gasteiger partial charge is 0.478 e. The van der Waals surface area contributed by atoms with Gasteiger partial charge in [-0.2, -0.15) is 0 Å². The number of carboxylic acid groups (broad SMARTS) is 1. The number of carbonyl (C=O) groups is 2. The topological polar surface area (TPSA) is 78.4 Å². The predicted octanol–water partition coefficient (Wildman–Crippen LogP) is 2.50. The molecule has 0 radical (unpaired) electrons. The molecule has 0 saturated carbocycles. The zero-order chi connectivity index (χ0) is 16.8. The van der Waals surface area contributed by atoms with E-state index < -0.39 is 5.97 Å². The van der Waals surface area contributed by atoms with Gasteiger partial charge in [0.1, 0.15) is 0 Å². The summed E-state index contributed by atoms with van der Waals surface area (Å²) < 4.78 is 0. The van der Waals surface area contributed by atoms with Crippen molar-refractivity contribution in [1.82, 2.24) is 10.6 Å². The number of amides is 1. The van der Waals surface area contributed by atoms with E-state index in [-0.39, 0.29) is 16.6 Å². The van der Waals surface area contributed by atoms with Crippen LogP contribution < -0.4 is 10.6 Å². The third-order valence-electron chi connectivity index (χ3n) is 3.16. The Morgan fingerprint density at radius 1 is 1.09 bits per heavy atom. The van der Waals surface area contributed by atoms with Crippen molar-refractivity contribution < 1.29 is 14.7 Å². The summed E-state index contributed by atoms with van der Waals surface area (Å²) in [5.41, 5.74) is 2.63. The molecule has 0 atom stereocenters. The van der Waals surface area contributed by atoms with Crippen LogP contribution >= 0.6 is 12.2 Å². The van der Waals surface area contributed by atoms with Crippen LogP contribution in [0, 0.1) is 6.92 Å². The molecule has 0 aliphatic carbocycles. The molecular formula is C17H16N2O3S. The van der Waals surface area contributed by atoms with Gasteiger partial charge in [0.2, 0.25) is 0 Å². The van der Waals surface area contributed by atoms with Crippen LogP contribution in [-0.4, -0.2) is 22.1 Å². The SMILES string of the molecule is Cc1cccc(C(=O)NC(=S)NCc2ccc(C(=O)O)cc2)c1. The lowest BCUT2D eigenvalue weighted by Gasteiger charge is -2.10. The average Bonchev–Trinajstić information content (AvgIpc) is 2.53. The van der Waals surface area contributed by atoms with Crippen molar-refractivity contribution in [3.63, 3.8) is 0 Å². The summed E-state index contributed by atoms with van der Waals surface area (Å²) in [4.78, 5) is 22.8. The van der Waals surface area contributed by atoms with Gasteiger partial charge in [0.15, 0.2) is 5.11 Å². The van der Waals surface area contributed by atoms with Gasteiger partial charge in [-0.3, -0.25) is 10.1 Å². The quantitative estimate of drug-likeness (QED) is 0.752. The molecule has 0 aliphatic rings. The molecule has 0 fully saturated rings. The standard InChI is InChI=1S/C17H16N2O3S/c1-11-3-2-4-14(9-11)15(20)19-17(23)18-10-12-5-7-13(8-6-12)16(21)22/h2-9H,10H2,1H3,(H,21,22)(H2,18,19,20,23). The first-order valence-electron chi connectivity index (χ1n) is 6.94. The Morgan fingerprint density at radius 2 is 1.78 bits per heavy atom. The summed E-state index contributed by atoms with van der Waals surface area (Å²) in [7, 11) is 0. The second-order valence-electron chi connectivity index (χ2n) is 5.01. The van der Waals surface area contributed by atoms with Gasteiger partial charge >= 0.3 is 5.97 Å². The number of nitrogens with one attached hydrogen (secondary N) is 2. The summed E-state index contributed by atoms with van der Waals surface area (Å²) in [6, 6.07) is 13.7. The van der Waals surface area contributed by atoms with Crippen molar-refractivity contribution in [3.8, 4) is 0 Å². The summed E-state index contributed by atoms with van der Waals surface area (Å²) in [6.45, 7) is 2.31. The van der Waals surface area contributed by atoms with Crippen molar-refractivity contribution in [3.05, 3.63) is 70.8 Å². The number of aromatic carboxylic acids is 1. The van der Waals surface area contributed by atoms with E-state index in [2.05, 4.69) is 10.6 Å². The molecule has 0 aromatic heterocycles. The molecule has 0 unspecified atom stereocenters. The van der Waals surface area contributed by atoms with Crippen LogP contribution in [0.1, 0.15) is 31.8 Å². The van der Waals surface area contributed by atoms with E-state index in [1.807, 2.05) is 19.1 Å². The first-order valence-corrected chi connectivity index (χ1v) is 7.34. The predicted molar refractivity (Wildman–Crippen MR) is 91.5 cm³/mol. The number of carbonyl (C=O) groups excluding carboxylic acids is 1. The number of carboxylic acids is 1. The molecule has 2 rings (SSSR count). The van der Waals surface area contributed by atoms with Gasteiger partial charge in [-0.15, -0.1) is 0 Å². The first-order chi connectivity index (χ1) is 11.0. The van der Waals surface area contributed by atoms with Crippen LogP contribution in [0.25, 0.3) is 0 Å². The number of aryl methyl sites for hydroxylation is 1. The zero-order valence-corrected chi connectivity index (χ0v) is 13.3. The van der Waals surface area contributed by atoms with E-state index in [9.17, 15) is 9.59 Å². The Kier molecular flexibility index (Phi) is 5.43. The number of hydrogen-bond donors (Lipinski definition) is 3. The maximum absolute atomic E-state index is 12.0. The molecule has 118 valence electrons. The molecule has 5 nitrogen and oxygen atoms in total. The first kappa shape index (κ1) is 16.6. The fourth-order valence-electron chi connectivity index (χ4n) is 1.95. The Bertz CT molecular complexity index is 742. The van der Waals surface area contributed by atoms with E-state index in [0.29, 0.717) is 12.1 Å². The molecule has 2 aromatic rings. The summed E-state index contributed by atoms with van der Waals surface area (Å²) >= 11 is 5.09. The molecule has 3 N–H and O–H groups in total. The number of thiocarbonyl (C=S) groups is 1. The normalized spacial score (nSPS) is 9.96. The van der Waals surface area contributed by atoms with Crippen LogP contribution in [0.5, 0.6) is 0 Å². The molecule has 0 bridgehead atoms. The Balaban J connectivity index is 1.87. The van der Waals surface area contributed by atoms with Gasteiger partial charge in [-0.1, -0.05) is 29.8 Å². The third-order valence-corrected chi connectivity index (χ3v) is 3.41. The molecule has 6 heteroatoms. The van der Waals surface area contributed by atoms with Crippen molar-refractivity contribution in [2.45, 2.75) is 13.5 Å². The smallest absolute Gasteiger partial charge is 0.335 e. The van der Waals surface area contributed by atoms with E-state index in [0.717, 1.165) is 11.1 Å². The second-order valence-corrected chi connectivity index (χ2v) is 5.42. The van der Waals surface area contributed by atoms with E-state index in [1.165, 1.54) is 12.1 Å². The van der Waals surface area contributed by atoms with Crippen LogP contribution in [0.15, 0.2) is 48.5 Å². The highest BCUT2D eigenvalue weighted by Gasteiger charge is 2.08. The molecule has 0 aliphatic heterocycles. The highest BCUT2D eigenvalue weighted by molar-refractivity contribution is 7.80. The number of benzene rings is 2. The van der Waals surface area contributed by atoms with Gasteiger partial charge in [-0.25, -0.2) is 4.79 Å². The van der Waals surface area contributed by atoms with E-state index >= 15 is 0 Å². The Hall–Kier alpha value is -2.73. The van der Waals surface area contributed by atoms with Crippen LogP contribution in [-0.2, 0) is 6.54 Å². The highest BCUT2D eigenvalue weighted by Crippen LogP contribution is 2.05. The minimum absolute atomic E-state index is 0.221. The maximum atomic E-state index is 12.0. The van der Waals surface area contributed by atoms with E-state index in [1.54, 1.807) is 24.3 Å². The number of hydrogen-bond acceptors (Lipinski definition) is 3. The van der Waals surface area contributed by atoms with Crippen molar-refractivity contribution in [1.29, 1.82) is 0 Å². The monoisotopic (exact) mass is 328 g/mol. The van der Waals surface area contributed by atoms with Crippen molar-refractivity contribution >= 4 is 29.2 Å². The van der Waals surface area contributed by atoms with Gasteiger partial charge in [0.25, 0.3) is 5.91 Å². The van der Waals surface area contributed by atoms with Crippen LogP contribution in [0.4, 0.5) is 0 Å². The Labute approximate surface area is 139 Å². The molecule has 0 heterocycles. The molecule has 1 amide bonds. The molecule has 0 saturated heterocycles. The fraction of sp³-hybridized carbons (Fsp3) is 0.118. The lowest BCUT2D eigenvalue weighted by molar-refractivity contribution is 0.0696. The zero-order valence-electron chi connectivity index (χ0n) is 12.5. The molecular weight excluding hydrogens is 312 g/mol. The Morgan fingerprint density at radius 3 is 2.39 bits per heavy atom. The van der Waals surface area contributed by atoms with E-state index in [4.69, 9.17) is 17.3 Å². The van der Waals surface area contributed by atoms with Crippen LogP contribution in [0.3, 0.4) is 0 Å². The van der Waals surface area contributed by atoms with Gasteiger partial charge in [0.05, 0.1) is 5.56 Å². The minimum Gasteiger partial charge on any atom is -0.478 e. The van der Waals surface area contributed by atoms with Gasteiger partial charge < -0.3 is 10.4 Å². The fourth-order valence-corrected chi connectivity index (χ4v) is 2.12. The molecule has 23 heavy (non-hydrogen) atoms. The summed E-state index contributed by atoms with van der Waals surface area (Å²) in [5, 5.41) is 14.6. The van der Waals surface area contributed by atoms with Gasteiger partial charge in [-0.05, 0) is 49.0 Å². The number of rotatable bonds is 4. The summed E-state index contributed by atoms with van der Waals surface area (Å²) in [5.74, 6) is -1.24. The van der Waals surface area contributed by atoms with Crippen molar-refractivity contribution in [2.75, 3.05) is 0 Å². The maximum Gasteiger partial charge on any atom is 0.335 e. The van der Waals surface area contributed by atoms with Crippen LogP contribution in [0.2, 0.25) is 0 Å². The summed E-state index contributed by atoms with van der Waals surface area (Å²) in [6.07, 6.45) is 0. The molecule has 0 spiro atoms. The lowest BCUT2D eigenvalue weighted by Crippen LogP contribution is -2.38. The minimum atomic E-state index is -0.967. The highest BCUT2D eigenvalue weighted by atomic mass is 32.1. The average molecular weight is 328 g/mol.